The molecule has 1 saturated heterocycles. The molecule has 2 atom stereocenters. The van der Waals surface area contributed by atoms with Gasteiger partial charge in [-0.3, -0.25) is 20.3 Å². The number of nitrogens with zero attached hydrogens (tertiary/aromatic N) is 2. The standard InChI is InChI=1S/C14H18ClN3O3/c1-9-5-3-6-10(2)17(9)16-14(19)11-7-4-8-12(15)13(11)18(20)21/h4,7-10H,3,5-6H2,1-2H3,(H,16,19). The average Bonchev–Trinajstić information content (AvgIpc) is 2.42. The molecule has 1 aliphatic heterocycles. The summed E-state index contributed by atoms with van der Waals surface area (Å²) in [6, 6.07) is 4.76. The number of amides is 1. The fourth-order valence-corrected chi connectivity index (χ4v) is 2.95. The minimum atomic E-state index is -0.625. The molecule has 0 aromatic heterocycles. The van der Waals surface area contributed by atoms with Crippen LogP contribution in [0.4, 0.5) is 5.69 Å². The van der Waals surface area contributed by atoms with Gasteiger partial charge in [-0.25, -0.2) is 5.01 Å². The number of carbonyl (C=O) groups is 1. The van der Waals surface area contributed by atoms with Crippen LogP contribution in [-0.4, -0.2) is 27.9 Å². The van der Waals surface area contributed by atoms with Crippen molar-refractivity contribution in [3.8, 4) is 0 Å². The Labute approximate surface area is 128 Å². The van der Waals surface area contributed by atoms with E-state index < -0.39 is 10.8 Å². The van der Waals surface area contributed by atoms with Crippen molar-refractivity contribution in [1.82, 2.24) is 10.4 Å². The van der Waals surface area contributed by atoms with E-state index in [1.807, 2.05) is 18.9 Å². The maximum absolute atomic E-state index is 12.4. The molecule has 0 bridgehead atoms. The molecular weight excluding hydrogens is 294 g/mol. The molecule has 21 heavy (non-hydrogen) atoms. The highest BCUT2D eigenvalue weighted by Gasteiger charge is 2.29. The number of carbonyl (C=O) groups excluding carboxylic acids is 1. The van der Waals surface area contributed by atoms with Gasteiger partial charge in [-0.05, 0) is 38.8 Å². The third kappa shape index (κ3) is 3.33. The van der Waals surface area contributed by atoms with Crippen LogP contribution in [0.3, 0.4) is 0 Å². The van der Waals surface area contributed by atoms with Crippen LogP contribution in [0, 0.1) is 10.1 Å². The molecule has 7 heteroatoms. The fourth-order valence-electron chi connectivity index (χ4n) is 2.70. The van der Waals surface area contributed by atoms with Gasteiger partial charge >= 0.3 is 5.69 Å². The molecule has 114 valence electrons. The molecule has 0 radical (unpaired) electrons. The van der Waals surface area contributed by atoms with Crippen molar-refractivity contribution in [1.29, 1.82) is 0 Å². The van der Waals surface area contributed by atoms with Gasteiger partial charge in [0.05, 0.1) is 4.92 Å². The summed E-state index contributed by atoms with van der Waals surface area (Å²) in [6.45, 7) is 4.06. The monoisotopic (exact) mass is 311 g/mol. The lowest BCUT2D eigenvalue weighted by Gasteiger charge is -2.38. The number of benzene rings is 1. The van der Waals surface area contributed by atoms with E-state index >= 15 is 0 Å². The molecule has 1 amide bonds. The zero-order chi connectivity index (χ0) is 15.6. The molecule has 0 aliphatic carbocycles. The number of rotatable bonds is 3. The van der Waals surface area contributed by atoms with Gasteiger partial charge in [0.15, 0.2) is 0 Å². The lowest BCUT2D eigenvalue weighted by Crippen LogP contribution is -2.54. The van der Waals surface area contributed by atoms with Gasteiger partial charge in [0.1, 0.15) is 10.6 Å². The lowest BCUT2D eigenvalue weighted by atomic mass is 10.00. The summed E-state index contributed by atoms with van der Waals surface area (Å²) < 4.78 is 0. The first-order valence-corrected chi connectivity index (χ1v) is 7.32. The van der Waals surface area contributed by atoms with Crippen LogP contribution in [0.2, 0.25) is 5.02 Å². The first kappa shape index (κ1) is 15.7. The second-order valence-electron chi connectivity index (χ2n) is 5.37. The Morgan fingerprint density at radius 1 is 1.38 bits per heavy atom. The Hall–Kier alpha value is -1.66. The van der Waals surface area contributed by atoms with Crippen LogP contribution in [0.5, 0.6) is 0 Å². The van der Waals surface area contributed by atoms with Crippen molar-refractivity contribution in [2.45, 2.75) is 45.2 Å². The van der Waals surface area contributed by atoms with Crippen molar-refractivity contribution in [2.75, 3.05) is 0 Å². The van der Waals surface area contributed by atoms with Gasteiger partial charge in [0.25, 0.3) is 5.91 Å². The van der Waals surface area contributed by atoms with Crippen LogP contribution < -0.4 is 5.43 Å². The Morgan fingerprint density at radius 3 is 2.57 bits per heavy atom. The number of hydrogen-bond donors (Lipinski definition) is 1. The third-order valence-corrected chi connectivity index (χ3v) is 4.14. The third-order valence-electron chi connectivity index (χ3n) is 3.84. The largest absolute Gasteiger partial charge is 0.300 e. The van der Waals surface area contributed by atoms with E-state index in [1.54, 1.807) is 0 Å². The van der Waals surface area contributed by atoms with E-state index in [4.69, 9.17) is 11.6 Å². The summed E-state index contributed by atoms with van der Waals surface area (Å²) >= 11 is 5.83. The van der Waals surface area contributed by atoms with E-state index in [9.17, 15) is 14.9 Å². The zero-order valence-corrected chi connectivity index (χ0v) is 12.8. The molecular formula is C14H18ClN3O3. The summed E-state index contributed by atoms with van der Waals surface area (Å²) in [5.41, 5.74) is 2.42. The topological polar surface area (TPSA) is 75.5 Å². The number of nitrogens with one attached hydrogen (secondary N) is 1. The highest BCUT2D eigenvalue weighted by atomic mass is 35.5. The van der Waals surface area contributed by atoms with Crippen molar-refractivity contribution >= 4 is 23.2 Å². The molecule has 2 rings (SSSR count). The summed E-state index contributed by atoms with van der Waals surface area (Å²) in [4.78, 5) is 22.8. The molecule has 0 spiro atoms. The predicted molar refractivity (Wildman–Crippen MR) is 80.2 cm³/mol. The summed E-state index contributed by atoms with van der Waals surface area (Å²) in [7, 11) is 0. The number of nitro benzene ring substituents is 1. The highest BCUT2D eigenvalue weighted by Crippen LogP contribution is 2.28. The molecule has 6 nitrogen and oxygen atoms in total. The fraction of sp³-hybridized carbons (Fsp3) is 0.500. The van der Waals surface area contributed by atoms with E-state index in [0.717, 1.165) is 19.3 Å². The number of halogens is 1. The Kier molecular flexibility index (Phi) is 4.80. The molecule has 2 unspecified atom stereocenters. The number of para-hydroxylation sites is 1. The van der Waals surface area contributed by atoms with Crippen LogP contribution in [0.1, 0.15) is 43.5 Å². The van der Waals surface area contributed by atoms with Gasteiger partial charge in [0.2, 0.25) is 0 Å². The molecule has 1 fully saturated rings. The summed E-state index contributed by atoms with van der Waals surface area (Å²) in [5, 5.41) is 12.9. The SMILES string of the molecule is CC1CCCC(C)N1NC(=O)c1cccc(Cl)c1[N+](=O)[O-]. The second kappa shape index (κ2) is 6.41. The van der Waals surface area contributed by atoms with E-state index in [1.165, 1.54) is 18.2 Å². The van der Waals surface area contributed by atoms with Crippen LogP contribution in [-0.2, 0) is 0 Å². The molecule has 1 N–H and O–H groups in total. The molecule has 1 aliphatic rings. The van der Waals surface area contributed by atoms with Crippen molar-refractivity contribution in [3.05, 3.63) is 38.9 Å². The van der Waals surface area contributed by atoms with Gasteiger partial charge in [-0.1, -0.05) is 24.1 Å². The highest BCUT2D eigenvalue weighted by molar-refractivity contribution is 6.33. The summed E-state index contributed by atoms with van der Waals surface area (Å²) in [5.74, 6) is -0.496. The molecule has 1 aromatic rings. The van der Waals surface area contributed by atoms with Gasteiger partial charge in [-0.15, -0.1) is 0 Å². The average molecular weight is 312 g/mol. The van der Waals surface area contributed by atoms with Crippen molar-refractivity contribution in [2.24, 2.45) is 0 Å². The van der Waals surface area contributed by atoms with Crippen LogP contribution in [0.15, 0.2) is 18.2 Å². The van der Waals surface area contributed by atoms with Gasteiger partial charge in [0, 0.05) is 12.1 Å². The van der Waals surface area contributed by atoms with E-state index in [-0.39, 0.29) is 28.4 Å². The summed E-state index contributed by atoms with van der Waals surface area (Å²) in [6.07, 6.45) is 3.09. The predicted octanol–water partition coefficient (Wildman–Crippen LogP) is 3.16. The number of hydrazine groups is 1. The van der Waals surface area contributed by atoms with Gasteiger partial charge < -0.3 is 0 Å². The smallest absolute Gasteiger partial charge is 0.284 e. The van der Waals surface area contributed by atoms with Crippen molar-refractivity contribution < 1.29 is 9.72 Å². The minimum Gasteiger partial charge on any atom is -0.284 e. The first-order chi connectivity index (χ1) is 9.91. The Balaban J connectivity index is 2.25. The van der Waals surface area contributed by atoms with Crippen LogP contribution >= 0.6 is 11.6 Å². The number of piperidine rings is 1. The van der Waals surface area contributed by atoms with E-state index in [2.05, 4.69) is 5.43 Å². The lowest BCUT2D eigenvalue weighted by molar-refractivity contribution is -0.385. The minimum absolute atomic E-state index is 0.0162. The maximum Gasteiger partial charge on any atom is 0.300 e. The normalized spacial score (nSPS) is 22.8. The first-order valence-electron chi connectivity index (χ1n) is 6.94. The molecule has 1 aromatic carbocycles. The number of hydrogen-bond acceptors (Lipinski definition) is 4. The second-order valence-corrected chi connectivity index (χ2v) is 5.78. The van der Waals surface area contributed by atoms with E-state index in [0.29, 0.717) is 0 Å². The zero-order valence-electron chi connectivity index (χ0n) is 12.0. The van der Waals surface area contributed by atoms with Crippen molar-refractivity contribution in [3.63, 3.8) is 0 Å². The Morgan fingerprint density at radius 2 is 2.00 bits per heavy atom. The molecule has 1 heterocycles. The Bertz CT molecular complexity index is 554. The maximum atomic E-state index is 12.4. The van der Waals surface area contributed by atoms with Gasteiger partial charge in [-0.2, -0.15) is 0 Å². The van der Waals surface area contributed by atoms with Crippen LogP contribution in [0.25, 0.3) is 0 Å². The molecule has 0 saturated carbocycles. The quantitative estimate of drug-likeness (QED) is 0.687. The number of nitro groups is 1.